The third-order valence-electron chi connectivity index (χ3n) is 2.44. The highest BCUT2D eigenvalue weighted by molar-refractivity contribution is 7.92. The lowest BCUT2D eigenvalue weighted by molar-refractivity contribution is 0.101. The van der Waals surface area contributed by atoms with Crippen molar-refractivity contribution in [3.05, 3.63) is 29.8 Å². The third kappa shape index (κ3) is 2.24. The molecular weight excluding hydrogens is 228 g/mol. The highest BCUT2D eigenvalue weighted by Crippen LogP contribution is 2.23. The monoisotopic (exact) mass is 240 g/mol. The van der Waals surface area contributed by atoms with E-state index >= 15 is 0 Å². The van der Waals surface area contributed by atoms with Gasteiger partial charge in [0.2, 0.25) is 0 Å². The van der Waals surface area contributed by atoms with Crippen molar-refractivity contribution >= 4 is 15.6 Å². The minimum Gasteiger partial charge on any atom is -0.488 e. The summed E-state index contributed by atoms with van der Waals surface area (Å²) in [6, 6.07) is 6.86. The molecule has 2 rings (SSSR count). The van der Waals surface area contributed by atoms with E-state index < -0.39 is 9.84 Å². The lowest BCUT2D eigenvalue weighted by atomic mass is 10.1. The third-order valence-corrected chi connectivity index (χ3v) is 4.20. The van der Waals surface area contributed by atoms with Gasteiger partial charge in [0.15, 0.2) is 15.6 Å². The SMILES string of the molecule is CC(=O)c1ccccc1OC1CS(=O)(=O)C1. The van der Waals surface area contributed by atoms with Crippen molar-refractivity contribution in [1.29, 1.82) is 0 Å². The minimum absolute atomic E-state index is 0.0409. The van der Waals surface area contributed by atoms with Crippen molar-refractivity contribution in [2.45, 2.75) is 13.0 Å². The van der Waals surface area contributed by atoms with Crippen molar-refractivity contribution < 1.29 is 17.9 Å². The van der Waals surface area contributed by atoms with Gasteiger partial charge in [-0.15, -0.1) is 0 Å². The van der Waals surface area contributed by atoms with Gasteiger partial charge >= 0.3 is 0 Å². The molecule has 0 saturated carbocycles. The van der Waals surface area contributed by atoms with Crippen LogP contribution in [0.1, 0.15) is 17.3 Å². The molecule has 1 fully saturated rings. The Morgan fingerprint density at radius 1 is 1.31 bits per heavy atom. The Bertz CT molecular complexity index is 507. The van der Waals surface area contributed by atoms with Gasteiger partial charge in [0.05, 0.1) is 17.1 Å². The number of hydrogen-bond donors (Lipinski definition) is 0. The molecule has 1 aromatic rings. The molecule has 0 radical (unpaired) electrons. The topological polar surface area (TPSA) is 60.4 Å². The molecule has 0 bridgehead atoms. The van der Waals surface area contributed by atoms with Crippen LogP contribution in [0.3, 0.4) is 0 Å². The molecule has 0 atom stereocenters. The van der Waals surface area contributed by atoms with Gasteiger partial charge in [-0.3, -0.25) is 4.79 Å². The molecule has 0 unspecified atom stereocenters. The number of hydrogen-bond acceptors (Lipinski definition) is 4. The summed E-state index contributed by atoms with van der Waals surface area (Å²) in [5, 5.41) is 0. The molecule has 1 heterocycles. The normalized spacial score (nSPS) is 18.8. The summed E-state index contributed by atoms with van der Waals surface area (Å²) in [7, 11) is -2.89. The van der Waals surface area contributed by atoms with Crippen molar-refractivity contribution in [2.75, 3.05) is 11.5 Å². The summed E-state index contributed by atoms with van der Waals surface area (Å²) < 4.78 is 27.4. The van der Waals surface area contributed by atoms with Gasteiger partial charge in [-0.05, 0) is 19.1 Å². The van der Waals surface area contributed by atoms with Crippen molar-refractivity contribution in [3.63, 3.8) is 0 Å². The summed E-state index contributed by atoms with van der Waals surface area (Å²) in [5.74, 6) is 0.464. The maximum absolute atomic E-state index is 11.3. The Morgan fingerprint density at radius 2 is 1.94 bits per heavy atom. The van der Waals surface area contributed by atoms with E-state index in [1.165, 1.54) is 6.92 Å². The largest absolute Gasteiger partial charge is 0.488 e. The zero-order valence-corrected chi connectivity index (χ0v) is 9.66. The predicted octanol–water partition coefficient (Wildman–Crippen LogP) is 1.06. The first-order chi connectivity index (χ1) is 7.48. The maximum Gasteiger partial charge on any atom is 0.163 e. The first-order valence-electron chi connectivity index (χ1n) is 4.95. The molecule has 0 aliphatic carbocycles. The Kier molecular flexibility index (Phi) is 2.71. The molecule has 0 amide bonds. The second kappa shape index (κ2) is 3.90. The maximum atomic E-state index is 11.3. The van der Waals surface area contributed by atoms with Gasteiger partial charge < -0.3 is 4.74 Å². The number of para-hydroxylation sites is 1. The average molecular weight is 240 g/mol. The first-order valence-corrected chi connectivity index (χ1v) is 6.77. The van der Waals surface area contributed by atoms with Gasteiger partial charge in [-0.25, -0.2) is 8.42 Å². The fraction of sp³-hybridized carbons (Fsp3) is 0.364. The van der Waals surface area contributed by atoms with Crippen LogP contribution in [0.2, 0.25) is 0 Å². The molecule has 1 aromatic carbocycles. The quantitative estimate of drug-likeness (QED) is 0.741. The summed E-state index contributed by atoms with van der Waals surface area (Å²) in [4.78, 5) is 11.3. The number of benzene rings is 1. The van der Waals surface area contributed by atoms with Crippen LogP contribution in [-0.2, 0) is 9.84 Å². The molecule has 0 N–H and O–H groups in total. The number of sulfone groups is 1. The van der Waals surface area contributed by atoms with E-state index in [2.05, 4.69) is 0 Å². The van der Waals surface area contributed by atoms with E-state index in [1.54, 1.807) is 24.3 Å². The fourth-order valence-corrected chi connectivity index (χ4v) is 2.80. The Hall–Kier alpha value is -1.36. The minimum atomic E-state index is -2.89. The molecular formula is C11H12O4S. The zero-order chi connectivity index (χ0) is 11.8. The van der Waals surface area contributed by atoms with E-state index in [-0.39, 0.29) is 23.4 Å². The Morgan fingerprint density at radius 3 is 2.50 bits per heavy atom. The van der Waals surface area contributed by atoms with Crippen LogP contribution in [-0.4, -0.2) is 31.8 Å². The highest BCUT2D eigenvalue weighted by Gasteiger charge is 2.35. The molecule has 86 valence electrons. The second-order valence-corrected chi connectivity index (χ2v) is 6.02. The molecule has 5 heteroatoms. The lowest BCUT2D eigenvalue weighted by Gasteiger charge is -2.27. The van der Waals surface area contributed by atoms with Crippen molar-refractivity contribution in [1.82, 2.24) is 0 Å². The number of Topliss-reactive ketones (excluding diaryl/α,β-unsaturated/α-hetero) is 1. The highest BCUT2D eigenvalue weighted by atomic mass is 32.2. The van der Waals surface area contributed by atoms with E-state index in [1.807, 2.05) is 0 Å². The second-order valence-electron chi connectivity index (χ2n) is 3.87. The smallest absolute Gasteiger partial charge is 0.163 e. The van der Waals surface area contributed by atoms with E-state index in [4.69, 9.17) is 4.74 Å². The van der Waals surface area contributed by atoms with Crippen LogP contribution in [0, 0.1) is 0 Å². The number of rotatable bonds is 3. The van der Waals surface area contributed by atoms with Crippen LogP contribution in [0.25, 0.3) is 0 Å². The molecule has 1 aliphatic heterocycles. The number of carbonyl (C=O) groups is 1. The van der Waals surface area contributed by atoms with Gasteiger partial charge in [-0.1, -0.05) is 12.1 Å². The lowest BCUT2D eigenvalue weighted by Crippen LogP contribution is -2.45. The van der Waals surface area contributed by atoms with E-state index in [0.717, 1.165) is 0 Å². The number of ketones is 1. The van der Waals surface area contributed by atoms with Crippen LogP contribution < -0.4 is 4.74 Å². The Labute approximate surface area is 94.2 Å². The summed E-state index contributed by atoms with van der Waals surface area (Å²) in [6.07, 6.45) is -0.314. The molecule has 16 heavy (non-hydrogen) atoms. The first kappa shape index (κ1) is 11.1. The van der Waals surface area contributed by atoms with E-state index in [0.29, 0.717) is 11.3 Å². The van der Waals surface area contributed by atoms with E-state index in [9.17, 15) is 13.2 Å². The zero-order valence-electron chi connectivity index (χ0n) is 8.84. The van der Waals surface area contributed by atoms with Crippen LogP contribution in [0.15, 0.2) is 24.3 Å². The standard InChI is InChI=1S/C11H12O4S/c1-8(12)10-4-2-3-5-11(10)15-9-6-16(13,14)7-9/h2-5,9H,6-7H2,1H3. The molecule has 1 saturated heterocycles. The molecule has 1 aliphatic rings. The van der Waals surface area contributed by atoms with Gasteiger partial charge in [0, 0.05) is 0 Å². The van der Waals surface area contributed by atoms with Crippen LogP contribution >= 0.6 is 0 Å². The average Bonchev–Trinajstić information content (AvgIpc) is 2.15. The van der Waals surface area contributed by atoms with Gasteiger partial charge in [0.25, 0.3) is 0 Å². The molecule has 0 aromatic heterocycles. The fourth-order valence-electron chi connectivity index (χ4n) is 1.63. The number of carbonyl (C=O) groups excluding carboxylic acids is 1. The summed E-state index contributed by atoms with van der Waals surface area (Å²) in [6.45, 7) is 1.46. The summed E-state index contributed by atoms with van der Waals surface area (Å²) >= 11 is 0. The number of ether oxygens (including phenoxy) is 1. The molecule has 4 nitrogen and oxygen atoms in total. The van der Waals surface area contributed by atoms with Crippen LogP contribution in [0.5, 0.6) is 5.75 Å². The van der Waals surface area contributed by atoms with Crippen LogP contribution in [0.4, 0.5) is 0 Å². The predicted molar refractivity (Wildman–Crippen MR) is 59.5 cm³/mol. The Balaban J connectivity index is 2.13. The van der Waals surface area contributed by atoms with Gasteiger partial charge in [-0.2, -0.15) is 0 Å². The van der Waals surface area contributed by atoms with Gasteiger partial charge in [0.1, 0.15) is 11.9 Å². The summed E-state index contributed by atoms with van der Waals surface area (Å²) in [5.41, 5.74) is 0.492. The molecule has 0 spiro atoms. The van der Waals surface area contributed by atoms with Crippen molar-refractivity contribution in [2.24, 2.45) is 0 Å². The van der Waals surface area contributed by atoms with Crippen molar-refractivity contribution in [3.8, 4) is 5.75 Å².